The third-order valence-corrected chi connectivity index (χ3v) is 5.64. The number of nitrogens with one attached hydrogen (secondary N) is 2. The third kappa shape index (κ3) is 5.16. The molecule has 2 N–H and O–H groups in total. The molecule has 1 heterocycles. The van der Waals surface area contributed by atoms with E-state index in [-0.39, 0.29) is 18.3 Å². The summed E-state index contributed by atoms with van der Waals surface area (Å²) in [4.78, 5) is 12.0. The van der Waals surface area contributed by atoms with Gasteiger partial charge in [-0.15, -0.1) is 12.4 Å². The van der Waals surface area contributed by atoms with Crippen molar-refractivity contribution in [1.82, 2.24) is 10.6 Å². The van der Waals surface area contributed by atoms with Crippen LogP contribution in [0, 0.1) is 5.41 Å². The van der Waals surface area contributed by atoms with Crippen LogP contribution in [0.5, 0.6) is 0 Å². The minimum atomic E-state index is 0. The van der Waals surface area contributed by atoms with Crippen molar-refractivity contribution in [2.45, 2.75) is 51.5 Å². The normalized spacial score (nSPS) is 25.6. The quantitative estimate of drug-likeness (QED) is 0.820. The molecule has 0 aromatic rings. The van der Waals surface area contributed by atoms with Gasteiger partial charge in [-0.3, -0.25) is 4.79 Å². The molecule has 1 saturated carbocycles. The first kappa shape index (κ1) is 17.1. The lowest BCUT2D eigenvalue weighted by atomic mass is 9.83. The maximum Gasteiger partial charge on any atom is 0.221 e. The Kier molecular flexibility index (Phi) is 7.55. The van der Waals surface area contributed by atoms with E-state index in [0.29, 0.717) is 17.9 Å². The Balaban J connectivity index is 0.00000180. The molecule has 3 nitrogen and oxygen atoms in total. The Hall–Kier alpha value is 0.0700. The zero-order valence-corrected chi connectivity index (χ0v) is 13.5. The summed E-state index contributed by atoms with van der Waals surface area (Å²) in [6.45, 7) is 4.19. The first-order valence-corrected chi connectivity index (χ1v) is 8.47. The van der Waals surface area contributed by atoms with Crippen LogP contribution in [0.25, 0.3) is 0 Å². The van der Waals surface area contributed by atoms with E-state index in [2.05, 4.69) is 17.6 Å². The van der Waals surface area contributed by atoms with Crippen molar-refractivity contribution in [2.75, 3.05) is 24.6 Å². The molecule has 2 fully saturated rings. The van der Waals surface area contributed by atoms with Gasteiger partial charge in [-0.1, -0.05) is 19.8 Å². The summed E-state index contributed by atoms with van der Waals surface area (Å²) >= 11 is 1.95. The predicted molar refractivity (Wildman–Crippen MR) is 85.2 cm³/mol. The molecule has 2 aliphatic rings. The topological polar surface area (TPSA) is 41.1 Å². The van der Waals surface area contributed by atoms with E-state index >= 15 is 0 Å². The third-order valence-electron chi connectivity index (χ3n) is 4.51. The van der Waals surface area contributed by atoms with E-state index in [4.69, 9.17) is 0 Å². The molecule has 0 spiro atoms. The molecule has 1 unspecified atom stereocenters. The maximum absolute atomic E-state index is 12.0. The van der Waals surface area contributed by atoms with E-state index in [1.165, 1.54) is 37.9 Å². The lowest BCUT2D eigenvalue weighted by molar-refractivity contribution is -0.122. The Bertz CT molecular complexity index is 277. The van der Waals surface area contributed by atoms with Gasteiger partial charge in [0.2, 0.25) is 5.91 Å². The van der Waals surface area contributed by atoms with Gasteiger partial charge in [0.05, 0.1) is 0 Å². The number of thioether (sulfide) groups is 1. The standard InChI is InChI=1S/C14H26N2OS.ClH/c1-2-14(5-3-4-6-14)11-16-13(17)9-12-10-18-8-7-15-12;/h12,15H,2-11H2,1H3,(H,16,17);1H. The van der Waals surface area contributed by atoms with Gasteiger partial charge in [0.25, 0.3) is 0 Å². The zero-order chi connectivity index (χ0) is 12.8. The molecule has 1 aliphatic heterocycles. The second-order valence-electron chi connectivity index (χ2n) is 5.77. The fourth-order valence-electron chi connectivity index (χ4n) is 3.11. The zero-order valence-electron chi connectivity index (χ0n) is 11.9. The van der Waals surface area contributed by atoms with Crippen LogP contribution in [0.1, 0.15) is 45.4 Å². The Morgan fingerprint density at radius 3 is 2.74 bits per heavy atom. The fourth-order valence-corrected chi connectivity index (χ4v) is 4.06. The van der Waals surface area contributed by atoms with E-state index < -0.39 is 0 Å². The molecule has 112 valence electrons. The minimum absolute atomic E-state index is 0. The monoisotopic (exact) mass is 306 g/mol. The number of carbonyl (C=O) groups excluding carboxylic acids is 1. The highest BCUT2D eigenvalue weighted by atomic mass is 35.5. The summed E-state index contributed by atoms with van der Waals surface area (Å²) in [5.41, 5.74) is 0.407. The smallest absolute Gasteiger partial charge is 0.221 e. The van der Waals surface area contributed by atoms with Crippen LogP contribution < -0.4 is 10.6 Å². The summed E-state index contributed by atoms with van der Waals surface area (Å²) in [5.74, 6) is 2.48. The maximum atomic E-state index is 12.0. The SMILES string of the molecule is CCC1(CNC(=O)CC2CSCCN2)CCCC1.Cl. The summed E-state index contributed by atoms with van der Waals surface area (Å²) in [6, 6.07) is 0.380. The highest BCUT2D eigenvalue weighted by Crippen LogP contribution is 2.40. The Morgan fingerprint density at radius 1 is 1.42 bits per heavy atom. The van der Waals surface area contributed by atoms with Gasteiger partial charge in [-0.25, -0.2) is 0 Å². The number of hydrogen-bond donors (Lipinski definition) is 2. The van der Waals surface area contributed by atoms with Crippen LogP contribution in [-0.2, 0) is 4.79 Å². The molecule has 1 saturated heterocycles. The van der Waals surface area contributed by atoms with Crippen molar-refractivity contribution in [1.29, 1.82) is 0 Å². The molecule has 1 amide bonds. The first-order valence-electron chi connectivity index (χ1n) is 7.32. The molecule has 19 heavy (non-hydrogen) atoms. The van der Waals surface area contributed by atoms with Crippen molar-refractivity contribution in [3.05, 3.63) is 0 Å². The van der Waals surface area contributed by atoms with Crippen LogP contribution >= 0.6 is 24.2 Å². The largest absolute Gasteiger partial charge is 0.355 e. The molecule has 0 aromatic carbocycles. The summed E-state index contributed by atoms with van der Waals surface area (Å²) in [7, 11) is 0. The molecule has 0 radical (unpaired) electrons. The van der Waals surface area contributed by atoms with Crippen LogP contribution in [0.3, 0.4) is 0 Å². The Labute approximate surface area is 127 Å². The van der Waals surface area contributed by atoms with Crippen molar-refractivity contribution >= 4 is 30.1 Å². The fraction of sp³-hybridized carbons (Fsp3) is 0.929. The first-order chi connectivity index (χ1) is 8.74. The van der Waals surface area contributed by atoms with E-state index in [1.807, 2.05) is 11.8 Å². The van der Waals surface area contributed by atoms with E-state index in [9.17, 15) is 4.79 Å². The number of halogens is 1. The predicted octanol–water partition coefficient (Wildman–Crippen LogP) is 2.59. The lowest BCUT2D eigenvalue weighted by Crippen LogP contribution is -2.43. The summed E-state index contributed by atoms with van der Waals surface area (Å²) < 4.78 is 0. The second kappa shape index (κ2) is 8.38. The molecule has 1 atom stereocenters. The number of rotatable bonds is 5. The van der Waals surface area contributed by atoms with Crippen LogP contribution in [-0.4, -0.2) is 36.5 Å². The minimum Gasteiger partial charge on any atom is -0.355 e. The summed E-state index contributed by atoms with van der Waals surface area (Å²) in [5, 5.41) is 6.60. The molecular weight excluding hydrogens is 280 g/mol. The van der Waals surface area contributed by atoms with Crippen molar-refractivity contribution in [3.63, 3.8) is 0 Å². The molecule has 2 rings (SSSR count). The second-order valence-corrected chi connectivity index (χ2v) is 6.92. The number of carbonyl (C=O) groups is 1. The molecule has 1 aliphatic carbocycles. The van der Waals surface area contributed by atoms with Crippen molar-refractivity contribution in [2.24, 2.45) is 5.41 Å². The molecule has 0 aromatic heterocycles. The lowest BCUT2D eigenvalue weighted by Gasteiger charge is -2.28. The van der Waals surface area contributed by atoms with Gasteiger partial charge in [0.1, 0.15) is 0 Å². The molecule has 5 heteroatoms. The highest BCUT2D eigenvalue weighted by molar-refractivity contribution is 7.99. The van der Waals surface area contributed by atoms with Gasteiger partial charge in [0, 0.05) is 37.1 Å². The molecular formula is C14H27ClN2OS. The number of amides is 1. The Morgan fingerprint density at radius 2 is 2.16 bits per heavy atom. The van der Waals surface area contributed by atoms with Crippen molar-refractivity contribution in [3.8, 4) is 0 Å². The molecule has 0 bridgehead atoms. The van der Waals surface area contributed by atoms with Gasteiger partial charge in [-0.05, 0) is 24.7 Å². The van der Waals surface area contributed by atoms with Gasteiger partial charge >= 0.3 is 0 Å². The van der Waals surface area contributed by atoms with Crippen LogP contribution in [0.4, 0.5) is 0 Å². The van der Waals surface area contributed by atoms with Gasteiger partial charge in [0.15, 0.2) is 0 Å². The van der Waals surface area contributed by atoms with Crippen LogP contribution in [0.2, 0.25) is 0 Å². The average molecular weight is 307 g/mol. The van der Waals surface area contributed by atoms with E-state index in [1.54, 1.807) is 0 Å². The van der Waals surface area contributed by atoms with E-state index in [0.717, 1.165) is 18.8 Å². The average Bonchev–Trinajstić information content (AvgIpc) is 2.87. The van der Waals surface area contributed by atoms with Gasteiger partial charge < -0.3 is 10.6 Å². The van der Waals surface area contributed by atoms with Crippen molar-refractivity contribution < 1.29 is 4.79 Å². The highest BCUT2D eigenvalue weighted by Gasteiger charge is 2.32. The van der Waals surface area contributed by atoms with Gasteiger partial charge in [-0.2, -0.15) is 11.8 Å². The summed E-state index contributed by atoms with van der Waals surface area (Å²) in [6.07, 6.45) is 7.11. The van der Waals surface area contributed by atoms with Crippen LogP contribution in [0.15, 0.2) is 0 Å². The number of hydrogen-bond acceptors (Lipinski definition) is 3.